The Balaban J connectivity index is 2.11. The number of alkyl halides is 11. The molecule has 43 heavy (non-hydrogen) atoms. The van der Waals surface area contributed by atoms with Crippen molar-refractivity contribution in [2.45, 2.75) is 73.6 Å². The van der Waals surface area contributed by atoms with Crippen LogP contribution in [0.25, 0.3) is 0 Å². The summed E-state index contributed by atoms with van der Waals surface area (Å²) in [5.74, 6) is -18.9. The highest BCUT2D eigenvalue weighted by atomic mass is 32.3. The third-order valence-corrected chi connectivity index (χ3v) is 13.8. The molecule has 0 saturated heterocycles. The summed E-state index contributed by atoms with van der Waals surface area (Å²) >= 11 is 0. The Labute approximate surface area is 232 Å². The van der Waals surface area contributed by atoms with Gasteiger partial charge in [0.05, 0.1) is 16.1 Å². The molecule has 0 heterocycles. The minimum absolute atomic E-state index is 0.0815. The molecule has 0 aromatic heterocycles. The van der Waals surface area contributed by atoms with Crippen molar-refractivity contribution < 1.29 is 82.7 Å². The Morgan fingerprint density at radius 3 is 1.56 bits per heavy atom. The molecule has 0 aromatic rings. The lowest BCUT2D eigenvalue weighted by atomic mass is 9.54. The van der Waals surface area contributed by atoms with Crippen molar-refractivity contribution in [3.8, 4) is 0 Å². The molecule has 0 aromatic carbocycles. The van der Waals surface area contributed by atoms with Gasteiger partial charge < -0.3 is 0 Å². The second kappa shape index (κ2) is 9.54. The van der Waals surface area contributed by atoms with Crippen molar-refractivity contribution in [1.82, 2.24) is 0 Å². The quantitative estimate of drug-likeness (QED) is 0.281. The molecule has 4 bridgehead atoms. The lowest BCUT2D eigenvalue weighted by Crippen LogP contribution is -2.64. The molecule has 246 valence electrons. The first-order chi connectivity index (χ1) is 19.1. The molecular weight excluding hydrogens is 677 g/mol. The van der Waals surface area contributed by atoms with Crippen LogP contribution in [0.2, 0.25) is 0 Å². The topological polar surface area (TPSA) is 68.3 Å². The van der Waals surface area contributed by atoms with Gasteiger partial charge in [-0.2, -0.15) is 39.5 Å². The van der Waals surface area contributed by atoms with E-state index in [0.29, 0.717) is 0 Å². The average molecular weight is 694 g/mol. The van der Waals surface area contributed by atoms with Gasteiger partial charge in [-0.15, -0.1) is 0 Å². The standard InChI is InChI=1S/C22H17F15O4S2/c23-11-10(12(24)14(26)15(27)13(11)25)16(42(38,39)7-19(20(29,30)31,21(32,33)34)22(35,36)37)43(40,41)18-4-8-1-9(5-18)3-17(28,2-8)6-18/h8-9,11H,1-7H2/b16-10-. The maximum Gasteiger partial charge on any atom is 0.413 e. The Morgan fingerprint density at radius 1 is 0.721 bits per heavy atom. The highest BCUT2D eigenvalue weighted by molar-refractivity contribution is 8.15. The van der Waals surface area contributed by atoms with E-state index in [-0.39, 0.29) is 19.3 Å². The molecule has 5 aliphatic carbocycles. The zero-order valence-electron chi connectivity index (χ0n) is 20.8. The van der Waals surface area contributed by atoms with Crippen LogP contribution >= 0.6 is 0 Å². The highest BCUT2D eigenvalue weighted by Gasteiger charge is 2.85. The van der Waals surface area contributed by atoms with Crippen molar-refractivity contribution in [3.63, 3.8) is 0 Å². The third kappa shape index (κ3) is 4.79. The van der Waals surface area contributed by atoms with Crippen molar-refractivity contribution in [2.24, 2.45) is 17.3 Å². The number of rotatable bonds is 5. The van der Waals surface area contributed by atoms with E-state index in [4.69, 9.17) is 0 Å². The van der Waals surface area contributed by atoms with E-state index in [1.54, 1.807) is 0 Å². The van der Waals surface area contributed by atoms with Crippen LogP contribution in [0.1, 0.15) is 38.5 Å². The van der Waals surface area contributed by atoms with Gasteiger partial charge >= 0.3 is 18.5 Å². The zero-order valence-corrected chi connectivity index (χ0v) is 22.4. The smallest absolute Gasteiger partial charge is 0.244 e. The van der Waals surface area contributed by atoms with E-state index in [1.807, 2.05) is 0 Å². The minimum Gasteiger partial charge on any atom is -0.244 e. The van der Waals surface area contributed by atoms with Crippen molar-refractivity contribution >= 4 is 19.7 Å². The number of allylic oxidation sites excluding steroid dienone is 5. The predicted octanol–water partition coefficient (Wildman–Crippen LogP) is 7.41. The van der Waals surface area contributed by atoms with Gasteiger partial charge in [0, 0.05) is 6.42 Å². The molecule has 21 heteroatoms. The van der Waals surface area contributed by atoms with Crippen molar-refractivity contribution in [2.75, 3.05) is 5.75 Å². The van der Waals surface area contributed by atoms with Crippen LogP contribution in [0, 0.1) is 17.3 Å². The molecule has 5 aliphatic rings. The van der Waals surface area contributed by atoms with Gasteiger partial charge in [0.15, 0.2) is 53.4 Å². The molecule has 3 atom stereocenters. The van der Waals surface area contributed by atoms with Crippen LogP contribution in [-0.2, 0) is 19.7 Å². The molecule has 5 rings (SSSR count). The predicted molar refractivity (Wildman–Crippen MR) is 115 cm³/mol. The van der Waals surface area contributed by atoms with Crippen LogP contribution in [0.4, 0.5) is 65.9 Å². The first-order valence-corrected chi connectivity index (χ1v) is 15.1. The van der Waals surface area contributed by atoms with E-state index in [9.17, 15) is 78.3 Å². The lowest BCUT2D eigenvalue weighted by Gasteiger charge is -2.58. The number of halogens is 15. The largest absolute Gasteiger partial charge is 0.413 e. The van der Waals surface area contributed by atoms with E-state index >= 15 is 4.39 Å². The first kappa shape index (κ1) is 34.0. The fourth-order valence-electron chi connectivity index (χ4n) is 7.00. The van der Waals surface area contributed by atoms with E-state index in [0.717, 1.165) is 0 Å². The van der Waals surface area contributed by atoms with E-state index in [2.05, 4.69) is 0 Å². The zero-order chi connectivity index (χ0) is 33.1. The second-order valence-electron chi connectivity index (χ2n) is 11.3. The maximum atomic E-state index is 15.5. The Hall–Kier alpha value is -1.93. The molecular formula is C22H17F15O4S2. The first-order valence-electron chi connectivity index (χ1n) is 11.9. The van der Waals surface area contributed by atoms with E-state index in [1.165, 1.54) is 0 Å². The molecule has 0 spiro atoms. The highest BCUT2D eigenvalue weighted by Crippen LogP contribution is 2.65. The van der Waals surface area contributed by atoms with Gasteiger partial charge in [0.1, 0.15) is 5.67 Å². The fourth-order valence-corrected chi connectivity index (χ4v) is 13.0. The second-order valence-corrected chi connectivity index (χ2v) is 15.8. The van der Waals surface area contributed by atoms with Crippen LogP contribution in [-0.4, -0.2) is 57.7 Å². The minimum atomic E-state index is -7.63. The molecule has 4 nitrogen and oxygen atoms in total. The van der Waals surface area contributed by atoms with Crippen molar-refractivity contribution in [1.29, 1.82) is 0 Å². The van der Waals surface area contributed by atoms with Crippen LogP contribution in [0.15, 0.2) is 33.1 Å². The average Bonchev–Trinajstić information content (AvgIpc) is 2.78. The number of sulfone groups is 2. The van der Waals surface area contributed by atoms with Crippen LogP contribution in [0.5, 0.6) is 0 Å². The van der Waals surface area contributed by atoms with Gasteiger partial charge in [-0.3, -0.25) is 0 Å². The summed E-state index contributed by atoms with van der Waals surface area (Å²) in [6.07, 6.45) is -30.8. The summed E-state index contributed by atoms with van der Waals surface area (Å²) in [7, 11) is -14.0. The van der Waals surface area contributed by atoms with Gasteiger partial charge in [-0.25, -0.2) is 43.2 Å². The van der Waals surface area contributed by atoms with E-state index < -0.39 is 130 Å². The monoisotopic (exact) mass is 694 g/mol. The SMILES string of the molecule is O=S(=O)(CC(C(F)(F)F)(C(F)(F)F)C(F)(F)F)/C(=C1/C(F)=C(F)C(F)=C(F)C1F)S(=O)(=O)C12CC3CC(CC(F)(C3)C1)C2. The summed E-state index contributed by atoms with van der Waals surface area (Å²) in [5.41, 5.74) is -12.8. The normalized spacial score (nSPS) is 33.9. The summed E-state index contributed by atoms with van der Waals surface area (Å²) in [6.45, 7) is 0. The molecule has 0 N–H and O–H groups in total. The molecule has 0 aliphatic heterocycles. The number of hydrogen-bond acceptors (Lipinski definition) is 4. The van der Waals surface area contributed by atoms with Gasteiger partial charge in [0.2, 0.25) is 0 Å². The Bertz CT molecular complexity index is 1480. The lowest BCUT2D eigenvalue weighted by molar-refractivity contribution is -0.418. The van der Waals surface area contributed by atoms with Crippen LogP contribution in [0.3, 0.4) is 0 Å². The summed E-state index contributed by atoms with van der Waals surface area (Å²) in [6, 6.07) is 0. The molecule has 0 amide bonds. The summed E-state index contributed by atoms with van der Waals surface area (Å²) < 4.78 is 258. The molecule has 3 unspecified atom stereocenters. The Morgan fingerprint density at radius 2 is 1.16 bits per heavy atom. The fraction of sp³-hybridized carbons (Fsp3) is 0.727. The van der Waals surface area contributed by atoms with Crippen molar-refractivity contribution in [3.05, 3.63) is 33.1 Å². The summed E-state index contributed by atoms with van der Waals surface area (Å²) in [5, 5.41) is 0. The van der Waals surface area contributed by atoms with Gasteiger partial charge in [0.25, 0.3) is 5.41 Å². The molecule has 0 radical (unpaired) electrons. The third-order valence-electron chi connectivity index (χ3n) is 8.42. The van der Waals surface area contributed by atoms with Gasteiger partial charge in [-0.1, -0.05) is 0 Å². The molecule has 4 saturated carbocycles. The Kier molecular flexibility index (Phi) is 7.53. The number of hydrogen-bond donors (Lipinski definition) is 0. The van der Waals surface area contributed by atoms with Gasteiger partial charge in [-0.05, 0) is 43.9 Å². The summed E-state index contributed by atoms with van der Waals surface area (Å²) in [4.78, 5) is 0. The molecule has 4 fully saturated rings. The van der Waals surface area contributed by atoms with Crippen LogP contribution < -0.4 is 0 Å². The maximum absolute atomic E-state index is 15.5.